The van der Waals surface area contributed by atoms with Gasteiger partial charge in [-0.1, -0.05) is 18.6 Å². The van der Waals surface area contributed by atoms with Gasteiger partial charge in [0.1, 0.15) is 5.75 Å². The van der Waals surface area contributed by atoms with Crippen LogP contribution in [0.5, 0.6) is 5.75 Å². The minimum Gasteiger partial charge on any atom is -0.508 e. The van der Waals surface area contributed by atoms with E-state index in [0.29, 0.717) is 11.8 Å². The third-order valence-electron chi connectivity index (χ3n) is 5.36. The topological polar surface area (TPSA) is 40.5 Å². The zero-order chi connectivity index (χ0) is 14.3. The van der Waals surface area contributed by atoms with Gasteiger partial charge in [-0.2, -0.15) is 0 Å². The van der Waals surface area contributed by atoms with Crippen LogP contribution in [0.15, 0.2) is 24.3 Å². The van der Waals surface area contributed by atoms with E-state index >= 15 is 0 Å². The second-order valence-electron chi connectivity index (χ2n) is 6.50. The lowest BCUT2D eigenvalue weighted by Crippen LogP contribution is -2.37. The maximum atomic E-state index is 12.7. The van der Waals surface area contributed by atoms with Crippen LogP contribution in [0.1, 0.15) is 44.2 Å². The van der Waals surface area contributed by atoms with Crippen molar-refractivity contribution < 1.29 is 9.90 Å². The number of phenolic OH excluding ortho intramolecular Hbond substituents is 1. The lowest BCUT2D eigenvalue weighted by molar-refractivity contribution is -0.137. The molecule has 3 nitrogen and oxygen atoms in total. The summed E-state index contributed by atoms with van der Waals surface area (Å²) in [6, 6.07) is 7.21. The lowest BCUT2D eigenvalue weighted by Gasteiger charge is -2.31. The van der Waals surface area contributed by atoms with E-state index in [-0.39, 0.29) is 17.7 Å². The summed E-state index contributed by atoms with van der Waals surface area (Å²) >= 11 is 0. The Kier molecular flexibility index (Phi) is 3.45. The Balaban J connectivity index is 1.70. The predicted molar refractivity (Wildman–Crippen MR) is 78.2 cm³/mol. The van der Waals surface area contributed by atoms with Crippen LogP contribution >= 0.6 is 0 Å². The van der Waals surface area contributed by atoms with Crippen LogP contribution in [0.25, 0.3) is 0 Å². The molecule has 1 N–H and O–H groups in total. The summed E-state index contributed by atoms with van der Waals surface area (Å²) in [5, 5.41) is 9.35. The van der Waals surface area contributed by atoms with Crippen LogP contribution in [0.3, 0.4) is 0 Å². The molecule has 2 bridgehead atoms. The molecule has 1 aromatic rings. The molecule has 4 atom stereocenters. The molecule has 1 amide bonds. The summed E-state index contributed by atoms with van der Waals surface area (Å²) < 4.78 is 0. The first-order chi connectivity index (χ1) is 9.56. The van der Waals surface area contributed by atoms with Gasteiger partial charge in [0.2, 0.25) is 5.91 Å². The Morgan fingerprint density at radius 1 is 1.25 bits per heavy atom. The third-order valence-corrected chi connectivity index (χ3v) is 5.36. The summed E-state index contributed by atoms with van der Waals surface area (Å²) in [7, 11) is 1.91. The molecule has 108 valence electrons. The van der Waals surface area contributed by atoms with Gasteiger partial charge in [-0.3, -0.25) is 4.79 Å². The average molecular weight is 273 g/mol. The van der Waals surface area contributed by atoms with E-state index in [0.717, 1.165) is 17.9 Å². The van der Waals surface area contributed by atoms with Crippen molar-refractivity contribution in [1.82, 2.24) is 4.90 Å². The van der Waals surface area contributed by atoms with Crippen molar-refractivity contribution in [3.63, 3.8) is 0 Å². The van der Waals surface area contributed by atoms with E-state index in [2.05, 4.69) is 6.92 Å². The number of amides is 1. The van der Waals surface area contributed by atoms with E-state index in [4.69, 9.17) is 0 Å². The van der Waals surface area contributed by atoms with Crippen molar-refractivity contribution in [3.8, 4) is 5.75 Å². The first-order valence-corrected chi connectivity index (χ1v) is 7.62. The highest BCUT2D eigenvalue weighted by Crippen LogP contribution is 2.49. The standard InChI is InChI=1S/C17H23NO2/c1-11(13-5-7-15(19)8-6-13)18(2)17(20)16-10-12-3-4-14(16)9-12/h5-8,11-12,14,16,19H,3-4,9-10H2,1-2H3. The molecule has 3 heteroatoms. The Hall–Kier alpha value is -1.51. The predicted octanol–water partition coefficient (Wildman–Crippen LogP) is 3.35. The molecule has 4 unspecified atom stereocenters. The number of carbonyl (C=O) groups is 1. The largest absolute Gasteiger partial charge is 0.508 e. The van der Waals surface area contributed by atoms with Crippen LogP contribution < -0.4 is 0 Å². The minimum absolute atomic E-state index is 0.0576. The third kappa shape index (κ3) is 2.30. The molecule has 2 fully saturated rings. The molecule has 0 spiro atoms. The fourth-order valence-electron chi connectivity index (χ4n) is 3.98. The number of hydrogen-bond acceptors (Lipinski definition) is 2. The number of phenols is 1. The number of carbonyl (C=O) groups excluding carboxylic acids is 1. The minimum atomic E-state index is 0.0576. The lowest BCUT2D eigenvalue weighted by atomic mass is 9.87. The van der Waals surface area contributed by atoms with Gasteiger partial charge in [-0.25, -0.2) is 0 Å². The molecule has 0 radical (unpaired) electrons. The second kappa shape index (κ2) is 5.12. The summed E-state index contributed by atoms with van der Waals surface area (Å²) in [6.07, 6.45) is 4.92. The molecule has 2 saturated carbocycles. The van der Waals surface area contributed by atoms with Gasteiger partial charge >= 0.3 is 0 Å². The van der Waals surface area contributed by atoms with Gasteiger partial charge in [-0.05, 0) is 55.7 Å². The van der Waals surface area contributed by atoms with Crippen molar-refractivity contribution in [2.24, 2.45) is 17.8 Å². The van der Waals surface area contributed by atoms with E-state index < -0.39 is 0 Å². The van der Waals surface area contributed by atoms with Gasteiger partial charge in [0.25, 0.3) is 0 Å². The van der Waals surface area contributed by atoms with Gasteiger partial charge in [0.05, 0.1) is 6.04 Å². The number of hydrogen-bond donors (Lipinski definition) is 1. The van der Waals surface area contributed by atoms with Gasteiger partial charge in [0, 0.05) is 13.0 Å². The van der Waals surface area contributed by atoms with Crippen molar-refractivity contribution in [2.75, 3.05) is 7.05 Å². The monoisotopic (exact) mass is 273 g/mol. The highest BCUT2D eigenvalue weighted by molar-refractivity contribution is 5.80. The highest BCUT2D eigenvalue weighted by atomic mass is 16.3. The Bertz CT molecular complexity index is 496. The average Bonchev–Trinajstić information content (AvgIpc) is 3.08. The molecule has 2 aliphatic carbocycles. The summed E-state index contributed by atoms with van der Waals surface area (Å²) in [5.41, 5.74) is 1.07. The molecule has 0 heterocycles. The number of fused-ring (bicyclic) bond motifs is 2. The number of benzene rings is 1. The van der Waals surface area contributed by atoms with Gasteiger partial charge < -0.3 is 10.0 Å². The molecule has 0 saturated heterocycles. The van der Waals surface area contributed by atoms with E-state index in [1.54, 1.807) is 12.1 Å². The Labute approximate surface area is 120 Å². The molecular weight excluding hydrogens is 250 g/mol. The number of nitrogens with zero attached hydrogens (tertiary/aromatic N) is 1. The fourth-order valence-corrected chi connectivity index (χ4v) is 3.98. The number of aromatic hydroxyl groups is 1. The highest BCUT2D eigenvalue weighted by Gasteiger charge is 2.44. The van der Waals surface area contributed by atoms with Crippen molar-refractivity contribution in [2.45, 2.75) is 38.6 Å². The molecule has 3 rings (SSSR count). The van der Waals surface area contributed by atoms with Crippen LogP contribution in [0.4, 0.5) is 0 Å². The molecule has 0 aromatic heterocycles. The van der Waals surface area contributed by atoms with Crippen molar-refractivity contribution in [1.29, 1.82) is 0 Å². The molecule has 0 aliphatic heterocycles. The fraction of sp³-hybridized carbons (Fsp3) is 0.588. The maximum absolute atomic E-state index is 12.7. The first kappa shape index (κ1) is 13.5. The summed E-state index contributed by atoms with van der Waals surface area (Å²) in [6.45, 7) is 2.05. The zero-order valence-corrected chi connectivity index (χ0v) is 12.2. The normalized spacial score (nSPS) is 29.4. The second-order valence-corrected chi connectivity index (χ2v) is 6.50. The van der Waals surface area contributed by atoms with Crippen LogP contribution in [-0.4, -0.2) is 23.0 Å². The van der Waals surface area contributed by atoms with E-state index in [1.807, 2.05) is 24.1 Å². The molecular formula is C17H23NO2. The Morgan fingerprint density at radius 3 is 2.50 bits per heavy atom. The van der Waals surface area contributed by atoms with Crippen molar-refractivity contribution >= 4 is 5.91 Å². The first-order valence-electron chi connectivity index (χ1n) is 7.62. The smallest absolute Gasteiger partial charge is 0.226 e. The van der Waals surface area contributed by atoms with Crippen LogP contribution in [-0.2, 0) is 4.79 Å². The molecule has 20 heavy (non-hydrogen) atoms. The summed E-state index contributed by atoms with van der Waals surface area (Å²) in [5.74, 6) is 2.24. The molecule has 2 aliphatic rings. The number of rotatable bonds is 3. The quantitative estimate of drug-likeness (QED) is 0.917. The van der Waals surface area contributed by atoms with Crippen LogP contribution in [0, 0.1) is 17.8 Å². The van der Waals surface area contributed by atoms with Gasteiger partial charge in [0.15, 0.2) is 0 Å². The molecule has 1 aromatic carbocycles. The van der Waals surface area contributed by atoms with Gasteiger partial charge in [-0.15, -0.1) is 0 Å². The van der Waals surface area contributed by atoms with E-state index in [9.17, 15) is 9.90 Å². The maximum Gasteiger partial charge on any atom is 0.226 e. The summed E-state index contributed by atoms with van der Waals surface area (Å²) in [4.78, 5) is 14.6. The Morgan fingerprint density at radius 2 is 1.95 bits per heavy atom. The zero-order valence-electron chi connectivity index (χ0n) is 12.2. The SMILES string of the molecule is CC(c1ccc(O)cc1)N(C)C(=O)C1CC2CCC1C2. The van der Waals surface area contributed by atoms with Crippen LogP contribution in [0.2, 0.25) is 0 Å². The van der Waals surface area contributed by atoms with Crippen molar-refractivity contribution in [3.05, 3.63) is 29.8 Å². The van der Waals surface area contributed by atoms with E-state index in [1.165, 1.54) is 19.3 Å².